The monoisotopic (exact) mass is 756 g/mol. The largest absolute Gasteiger partial charge is 0.488 e. The van der Waals surface area contributed by atoms with Crippen LogP contribution in [0.15, 0.2) is 102 Å². The number of Topliss-reactive ketones (excluding diaryl/α,β-unsaturated/α-hetero) is 1. The number of amides is 1. The minimum absolute atomic E-state index is 0.0373. The van der Waals surface area contributed by atoms with Crippen molar-refractivity contribution in [1.82, 2.24) is 9.88 Å². The number of aromatic nitrogens is 1. The van der Waals surface area contributed by atoms with Crippen LogP contribution in [0.4, 0.5) is 4.79 Å². The zero-order valence-electron chi connectivity index (χ0n) is 32.1. The Morgan fingerprint density at radius 1 is 0.925 bits per heavy atom. The molecule has 9 nitrogen and oxygen atoms in total. The molecule has 0 aliphatic carbocycles. The highest BCUT2D eigenvalue weighted by molar-refractivity contribution is 7.92. The molecule has 11 heteroatoms. The highest BCUT2D eigenvalue weighted by atomic mass is 32.2. The van der Waals surface area contributed by atoms with Crippen molar-refractivity contribution in [3.8, 4) is 16.9 Å². The molecule has 53 heavy (non-hydrogen) atoms. The number of aryl methyl sites for hydroxylation is 1. The first-order valence-corrected chi connectivity index (χ1v) is 22.6. The summed E-state index contributed by atoms with van der Waals surface area (Å²) in [7, 11) is -5.98. The van der Waals surface area contributed by atoms with Crippen LogP contribution in [0.25, 0.3) is 11.1 Å². The number of carbonyl (C=O) groups excluding carboxylic acids is 2. The van der Waals surface area contributed by atoms with Gasteiger partial charge in [-0.1, -0.05) is 75.4 Å². The summed E-state index contributed by atoms with van der Waals surface area (Å²) in [4.78, 5) is 32.8. The van der Waals surface area contributed by atoms with Gasteiger partial charge in [0.15, 0.2) is 23.9 Å². The molecule has 0 fully saturated rings. The van der Waals surface area contributed by atoms with Crippen molar-refractivity contribution >= 4 is 30.0 Å². The number of pyridine rings is 1. The number of sulfone groups is 1. The normalized spacial score (nSPS) is 15.5. The third-order valence-corrected chi connectivity index (χ3v) is 15.9. The fraction of sp³-hybridized carbons (Fsp3) is 0.405. The lowest BCUT2D eigenvalue weighted by Crippen LogP contribution is -2.48. The maximum atomic E-state index is 13.7. The Hall–Kier alpha value is -4.32. The number of fused-ring (bicyclic) bond motifs is 1. The van der Waals surface area contributed by atoms with Crippen molar-refractivity contribution in [3.05, 3.63) is 114 Å². The van der Waals surface area contributed by atoms with Crippen LogP contribution in [-0.2, 0) is 25.4 Å². The van der Waals surface area contributed by atoms with Gasteiger partial charge in [0.1, 0.15) is 23.2 Å². The summed E-state index contributed by atoms with van der Waals surface area (Å²) in [5.74, 6) is -0.287. The Balaban J connectivity index is 1.30. The van der Waals surface area contributed by atoms with Crippen LogP contribution in [0, 0.1) is 0 Å². The molecule has 0 saturated heterocycles. The predicted octanol–water partition coefficient (Wildman–Crippen LogP) is 9.10. The van der Waals surface area contributed by atoms with Crippen LogP contribution in [0.2, 0.25) is 18.1 Å². The summed E-state index contributed by atoms with van der Waals surface area (Å²) in [6.45, 7) is 17.2. The smallest absolute Gasteiger partial charge is 0.410 e. The second-order valence-corrected chi connectivity index (χ2v) is 23.0. The fourth-order valence-electron chi connectivity index (χ4n) is 5.87. The summed E-state index contributed by atoms with van der Waals surface area (Å²) in [6.07, 6.45) is 3.89. The predicted molar refractivity (Wildman–Crippen MR) is 211 cm³/mol. The molecule has 0 N–H and O–H groups in total. The lowest BCUT2D eigenvalue weighted by molar-refractivity contribution is 0.00490. The van der Waals surface area contributed by atoms with E-state index in [1.807, 2.05) is 57.2 Å². The van der Waals surface area contributed by atoms with Crippen molar-refractivity contribution in [3.63, 3.8) is 0 Å². The van der Waals surface area contributed by atoms with E-state index in [4.69, 9.17) is 13.9 Å². The second-order valence-electron chi connectivity index (χ2n) is 16.2. The molecule has 1 aromatic heterocycles. The standard InChI is InChI=1S/C42H52N2O7SSi/c1-41(2,3)50-40(46)44(28-39(34-13-12-24-43-26-34)51-53(7,8)42(4,5)6)27-35-22-20-33-25-32(21-23-38(33)49-35)30-16-18-31(19-17-30)37(45)29-52(47,48)36-14-10-9-11-15-36/h9-19,21,23-26,35,39H,20,22,27-29H2,1-8H3/t35-,39?/m1/s1. The van der Waals surface area contributed by atoms with E-state index in [1.165, 1.54) is 12.1 Å². The van der Waals surface area contributed by atoms with E-state index in [2.05, 4.69) is 44.9 Å². The van der Waals surface area contributed by atoms with Gasteiger partial charge >= 0.3 is 6.09 Å². The van der Waals surface area contributed by atoms with E-state index in [-0.39, 0.29) is 22.6 Å². The molecule has 0 saturated carbocycles. The van der Waals surface area contributed by atoms with E-state index in [9.17, 15) is 18.0 Å². The maximum Gasteiger partial charge on any atom is 0.410 e. The van der Waals surface area contributed by atoms with Crippen LogP contribution < -0.4 is 4.74 Å². The molecule has 0 bridgehead atoms. The van der Waals surface area contributed by atoms with Crippen molar-refractivity contribution in [2.24, 2.45) is 0 Å². The molecule has 5 rings (SSSR count). The Morgan fingerprint density at radius 2 is 1.60 bits per heavy atom. The van der Waals surface area contributed by atoms with Crippen molar-refractivity contribution in [2.75, 3.05) is 18.8 Å². The quantitative estimate of drug-likeness (QED) is 0.104. The third kappa shape index (κ3) is 10.4. The Labute approximate surface area is 315 Å². The van der Waals surface area contributed by atoms with Gasteiger partial charge < -0.3 is 18.8 Å². The van der Waals surface area contributed by atoms with Gasteiger partial charge in [-0.05, 0) is 104 Å². The molecule has 3 aromatic carbocycles. The molecule has 1 aliphatic heterocycles. The van der Waals surface area contributed by atoms with Crippen LogP contribution in [0.5, 0.6) is 5.75 Å². The molecular weight excluding hydrogens is 705 g/mol. The number of rotatable bonds is 12. The summed E-state index contributed by atoms with van der Waals surface area (Å²) in [6, 6.07) is 24.9. The van der Waals surface area contributed by atoms with Crippen LogP contribution >= 0.6 is 0 Å². The summed E-state index contributed by atoms with van der Waals surface area (Å²) < 4.78 is 44.8. The average molecular weight is 757 g/mol. The van der Waals surface area contributed by atoms with Gasteiger partial charge in [0.25, 0.3) is 0 Å². The number of ketones is 1. The minimum atomic E-state index is -3.74. The molecule has 2 atom stereocenters. The van der Waals surface area contributed by atoms with Gasteiger partial charge in [0.2, 0.25) is 0 Å². The molecule has 2 heterocycles. The fourth-order valence-corrected chi connectivity index (χ4v) is 8.40. The topological polar surface area (TPSA) is 112 Å². The van der Waals surface area contributed by atoms with Gasteiger partial charge in [-0.2, -0.15) is 0 Å². The summed E-state index contributed by atoms with van der Waals surface area (Å²) >= 11 is 0. The minimum Gasteiger partial charge on any atom is -0.488 e. The summed E-state index contributed by atoms with van der Waals surface area (Å²) in [5.41, 5.74) is 3.47. The van der Waals surface area contributed by atoms with Crippen molar-refractivity contribution in [1.29, 1.82) is 0 Å². The molecule has 282 valence electrons. The van der Waals surface area contributed by atoms with E-state index in [0.29, 0.717) is 18.5 Å². The van der Waals surface area contributed by atoms with E-state index >= 15 is 0 Å². The Morgan fingerprint density at radius 3 is 2.23 bits per heavy atom. The number of benzene rings is 3. The van der Waals surface area contributed by atoms with Crippen LogP contribution in [-0.4, -0.2) is 69.0 Å². The van der Waals surface area contributed by atoms with Crippen molar-refractivity contribution in [2.45, 2.75) is 95.2 Å². The molecule has 1 amide bonds. The number of ether oxygens (including phenoxy) is 2. The van der Waals surface area contributed by atoms with E-state index in [1.54, 1.807) is 47.6 Å². The van der Waals surface area contributed by atoms with Crippen molar-refractivity contribution < 1.29 is 31.9 Å². The average Bonchev–Trinajstić information content (AvgIpc) is 3.10. The first kappa shape index (κ1) is 39.9. The lowest BCUT2D eigenvalue weighted by Gasteiger charge is -2.41. The van der Waals surface area contributed by atoms with Crippen LogP contribution in [0.1, 0.15) is 75.6 Å². The SMILES string of the molecule is CC(C)(C)OC(=O)N(CC(O[Si](C)(C)C(C)(C)C)c1cccnc1)C[C@H]1CCc2cc(-c3ccc(C(=O)CS(=O)(=O)c4ccccc4)cc3)ccc2O1. The van der Waals surface area contributed by atoms with Crippen LogP contribution in [0.3, 0.4) is 0 Å². The molecule has 0 radical (unpaired) electrons. The molecule has 1 aliphatic rings. The van der Waals surface area contributed by atoms with E-state index < -0.39 is 47.5 Å². The Kier molecular flexibility index (Phi) is 12.0. The first-order chi connectivity index (χ1) is 24.8. The molecular formula is C42H52N2O7SSi. The zero-order valence-corrected chi connectivity index (χ0v) is 33.9. The summed E-state index contributed by atoms with van der Waals surface area (Å²) in [5, 5.41) is -0.0373. The van der Waals surface area contributed by atoms with Gasteiger partial charge in [0.05, 0.1) is 24.1 Å². The van der Waals surface area contributed by atoms with Gasteiger partial charge in [0, 0.05) is 18.0 Å². The Bertz CT molecular complexity index is 1990. The number of nitrogens with zero attached hydrogens (tertiary/aromatic N) is 2. The van der Waals surface area contributed by atoms with Gasteiger partial charge in [-0.15, -0.1) is 0 Å². The number of carbonyl (C=O) groups is 2. The molecule has 4 aromatic rings. The molecule has 0 spiro atoms. The second kappa shape index (κ2) is 16.0. The molecule has 1 unspecified atom stereocenters. The zero-order chi connectivity index (χ0) is 38.6. The highest BCUT2D eigenvalue weighted by Crippen LogP contribution is 2.40. The van der Waals surface area contributed by atoms with E-state index in [0.717, 1.165) is 34.4 Å². The maximum absolute atomic E-state index is 13.7. The van der Waals surface area contributed by atoms with Gasteiger partial charge in [-0.3, -0.25) is 9.78 Å². The number of hydrogen-bond donors (Lipinski definition) is 0. The lowest BCUT2D eigenvalue weighted by atomic mass is 9.96. The third-order valence-electron chi connectivity index (χ3n) is 9.81. The highest BCUT2D eigenvalue weighted by Gasteiger charge is 2.41. The van der Waals surface area contributed by atoms with Gasteiger partial charge in [-0.25, -0.2) is 13.2 Å². The number of hydrogen-bond acceptors (Lipinski definition) is 8. The first-order valence-electron chi connectivity index (χ1n) is 18.1.